The summed E-state index contributed by atoms with van der Waals surface area (Å²) in [6, 6.07) is 3.20. The van der Waals surface area contributed by atoms with E-state index in [1.807, 2.05) is 0 Å². The lowest BCUT2D eigenvalue weighted by atomic mass is 10.2. The zero-order chi connectivity index (χ0) is 19.3. The number of ether oxygens (including phenoxy) is 2. The smallest absolute Gasteiger partial charge is 0.318 e. The molecule has 26 heavy (non-hydrogen) atoms. The van der Waals surface area contributed by atoms with Crippen molar-refractivity contribution in [3.8, 4) is 0 Å². The highest BCUT2D eigenvalue weighted by molar-refractivity contribution is 7.88. The molecule has 1 fully saturated rings. The van der Waals surface area contributed by atoms with Crippen molar-refractivity contribution in [1.29, 1.82) is 0 Å². The summed E-state index contributed by atoms with van der Waals surface area (Å²) < 4.78 is 40.2. The molecule has 1 unspecified atom stereocenters. The molecule has 1 aromatic heterocycles. The van der Waals surface area contributed by atoms with Crippen LogP contribution in [-0.4, -0.2) is 86.9 Å². The van der Waals surface area contributed by atoms with Gasteiger partial charge in [0.2, 0.25) is 10.0 Å². The molecular weight excluding hydrogens is 368 g/mol. The third-order valence-corrected chi connectivity index (χ3v) is 4.99. The third kappa shape index (κ3) is 5.53. The Balaban J connectivity index is 2.03. The van der Waals surface area contributed by atoms with Crippen LogP contribution in [0.4, 0.5) is 0 Å². The lowest BCUT2D eigenvalue weighted by Crippen LogP contribution is -2.51. The number of sulfonamides is 1. The Hall–Kier alpha value is -1.95. The van der Waals surface area contributed by atoms with Gasteiger partial charge in [0, 0.05) is 26.7 Å². The van der Waals surface area contributed by atoms with E-state index in [0.29, 0.717) is 12.3 Å². The van der Waals surface area contributed by atoms with Gasteiger partial charge in [-0.3, -0.25) is 9.59 Å². The predicted octanol–water partition coefficient (Wildman–Crippen LogP) is -0.387. The molecule has 0 bridgehead atoms. The summed E-state index contributed by atoms with van der Waals surface area (Å²) in [5, 5.41) is 8.88. The summed E-state index contributed by atoms with van der Waals surface area (Å²) in [7, 11) is -2.20. The van der Waals surface area contributed by atoms with Crippen LogP contribution >= 0.6 is 0 Å². The molecule has 1 atom stereocenters. The molecule has 2 heterocycles. The van der Waals surface area contributed by atoms with Crippen molar-refractivity contribution in [1.82, 2.24) is 9.21 Å². The number of amides is 1. The molecule has 1 saturated heterocycles. The summed E-state index contributed by atoms with van der Waals surface area (Å²) in [6.07, 6.45) is 0.303. The first-order valence-corrected chi connectivity index (χ1v) is 9.71. The fourth-order valence-corrected chi connectivity index (χ4v) is 3.36. The Kier molecular flexibility index (Phi) is 6.75. The molecule has 2 rings (SSSR count). The Morgan fingerprint density at radius 3 is 2.77 bits per heavy atom. The van der Waals surface area contributed by atoms with Crippen LogP contribution in [0, 0.1) is 0 Å². The summed E-state index contributed by atoms with van der Waals surface area (Å²) in [6.45, 7) is 0.107. The summed E-state index contributed by atoms with van der Waals surface area (Å²) in [5.41, 5.74) is 0. The number of carbonyl (C=O) groups is 2. The van der Waals surface area contributed by atoms with E-state index in [1.54, 1.807) is 12.1 Å². The number of carboxylic acids is 1. The molecule has 1 amide bonds. The summed E-state index contributed by atoms with van der Waals surface area (Å²) in [5.74, 6) is -0.932. The van der Waals surface area contributed by atoms with E-state index in [0.717, 1.165) is 10.6 Å². The first-order valence-electron chi connectivity index (χ1n) is 7.86. The zero-order valence-corrected chi connectivity index (χ0v) is 15.4. The lowest BCUT2D eigenvalue weighted by Gasteiger charge is -2.34. The van der Waals surface area contributed by atoms with Crippen LogP contribution in [0.3, 0.4) is 0 Å². The van der Waals surface area contributed by atoms with E-state index in [9.17, 15) is 18.0 Å². The standard InChI is InChI=1S/C15H22N2O8S/c1-23-10-11-3-4-13(25-11)15(20)16-5-6-24-12(7-16)8-17(9-14(18)19)26(2,21)22/h3-4,12H,5-10H2,1-2H3,(H,18,19). The largest absolute Gasteiger partial charge is 0.480 e. The number of carbonyl (C=O) groups excluding carboxylic acids is 1. The number of rotatable bonds is 8. The van der Waals surface area contributed by atoms with Gasteiger partial charge in [0.25, 0.3) is 5.91 Å². The highest BCUT2D eigenvalue weighted by atomic mass is 32.2. The van der Waals surface area contributed by atoms with Gasteiger partial charge < -0.3 is 23.9 Å². The fraction of sp³-hybridized carbons (Fsp3) is 0.600. The lowest BCUT2D eigenvalue weighted by molar-refractivity contribution is -0.137. The second-order valence-electron chi connectivity index (χ2n) is 5.89. The van der Waals surface area contributed by atoms with E-state index in [4.69, 9.17) is 19.0 Å². The van der Waals surface area contributed by atoms with Crippen LogP contribution in [-0.2, 0) is 30.9 Å². The molecule has 146 valence electrons. The molecule has 1 aliphatic heterocycles. The second-order valence-corrected chi connectivity index (χ2v) is 7.87. The van der Waals surface area contributed by atoms with Crippen molar-refractivity contribution in [3.05, 3.63) is 23.7 Å². The minimum Gasteiger partial charge on any atom is -0.480 e. The van der Waals surface area contributed by atoms with Crippen molar-refractivity contribution >= 4 is 21.9 Å². The maximum Gasteiger partial charge on any atom is 0.318 e. The number of morpholine rings is 1. The minimum absolute atomic E-state index is 0.130. The topological polar surface area (TPSA) is 127 Å². The minimum atomic E-state index is -3.72. The normalized spacial score (nSPS) is 18.3. The molecular formula is C15H22N2O8S. The van der Waals surface area contributed by atoms with Crippen molar-refractivity contribution in [3.63, 3.8) is 0 Å². The average Bonchev–Trinajstić information content (AvgIpc) is 3.01. The molecule has 1 aliphatic rings. The van der Waals surface area contributed by atoms with Gasteiger partial charge >= 0.3 is 5.97 Å². The van der Waals surface area contributed by atoms with Crippen LogP contribution in [0.15, 0.2) is 16.5 Å². The van der Waals surface area contributed by atoms with Crippen LogP contribution < -0.4 is 0 Å². The van der Waals surface area contributed by atoms with Crippen molar-refractivity contribution < 1.29 is 37.0 Å². The first kappa shape index (κ1) is 20.4. The number of carboxylic acid groups (broad SMARTS) is 1. The molecule has 0 saturated carbocycles. The maximum absolute atomic E-state index is 12.5. The quantitative estimate of drug-likeness (QED) is 0.636. The summed E-state index contributed by atoms with van der Waals surface area (Å²) >= 11 is 0. The van der Waals surface area contributed by atoms with E-state index >= 15 is 0 Å². The van der Waals surface area contributed by atoms with Gasteiger partial charge in [-0.1, -0.05) is 0 Å². The molecule has 0 aliphatic carbocycles. The van der Waals surface area contributed by atoms with Gasteiger partial charge in [0.05, 0.1) is 19.0 Å². The Labute approximate surface area is 151 Å². The van der Waals surface area contributed by atoms with Gasteiger partial charge in [-0.25, -0.2) is 8.42 Å². The van der Waals surface area contributed by atoms with Gasteiger partial charge in [-0.2, -0.15) is 4.31 Å². The van der Waals surface area contributed by atoms with Crippen molar-refractivity contribution in [2.75, 3.05) is 46.2 Å². The van der Waals surface area contributed by atoms with Crippen molar-refractivity contribution in [2.45, 2.75) is 12.7 Å². The van der Waals surface area contributed by atoms with E-state index in [1.165, 1.54) is 12.0 Å². The number of methoxy groups -OCH3 is 1. The van der Waals surface area contributed by atoms with E-state index in [-0.39, 0.29) is 38.0 Å². The third-order valence-electron chi connectivity index (χ3n) is 3.77. The molecule has 11 heteroatoms. The molecule has 0 aromatic carbocycles. The van der Waals surface area contributed by atoms with Gasteiger partial charge in [-0.15, -0.1) is 0 Å². The van der Waals surface area contributed by atoms with E-state index in [2.05, 4.69) is 0 Å². The second kappa shape index (κ2) is 8.62. The van der Waals surface area contributed by atoms with Crippen LogP contribution in [0.2, 0.25) is 0 Å². The van der Waals surface area contributed by atoms with Gasteiger partial charge in [0.1, 0.15) is 18.9 Å². The zero-order valence-electron chi connectivity index (χ0n) is 14.6. The molecule has 1 N–H and O–H groups in total. The number of aliphatic carboxylic acids is 1. The average molecular weight is 390 g/mol. The monoisotopic (exact) mass is 390 g/mol. The number of nitrogens with zero attached hydrogens (tertiary/aromatic N) is 2. The van der Waals surface area contributed by atoms with Crippen molar-refractivity contribution in [2.24, 2.45) is 0 Å². The molecule has 10 nitrogen and oxygen atoms in total. The van der Waals surface area contributed by atoms with Crippen LogP contribution in [0.5, 0.6) is 0 Å². The van der Waals surface area contributed by atoms with Crippen LogP contribution in [0.1, 0.15) is 16.3 Å². The molecule has 0 spiro atoms. The Morgan fingerprint density at radius 1 is 1.42 bits per heavy atom. The van der Waals surface area contributed by atoms with Gasteiger partial charge in [-0.05, 0) is 12.1 Å². The Morgan fingerprint density at radius 2 is 2.15 bits per heavy atom. The Bertz CT molecular complexity index is 745. The van der Waals surface area contributed by atoms with Crippen LogP contribution in [0.25, 0.3) is 0 Å². The first-order chi connectivity index (χ1) is 12.2. The number of hydrogen-bond acceptors (Lipinski definition) is 7. The highest BCUT2D eigenvalue weighted by Gasteiger charge is 2.31. The molecule has 0 radical (unpaired) electrons. The maximum atomic E-state index is 12.5. The summed E-state index contributed by atoms with van der Waals surface area (Å²) in [4.78, 5) is 24.9. The SMILES string of the molecule is COCc1ccc(C(=O)N2CCOC(CN(CC(=O)O)S(C)(=O)=O)C2)o1. The van der Waals surface area contributed by atoms with E-state index < -0.39 is 28.6 Å². The highest BCUT2D eigenvalue weighted by Crippen LogP contribution is 2.15. The number of furan rings is 1. The fourth-order valence-electron chi connectivity index (χ4n) is 2.58. The number of hydrogen-bond donors (Lipinski definition) is 1. The van der Waals surface area contributed by atoms with Gasteiger partial charge in [0.15, 0.2) is 5.76 Å². The molecule has 1 aromatic rings. The predicted molar refractivity (Wildman–Crippen MR) is 89.1 cm³/mol.